The highest BCUT2D eigenvalue weighted by molar-refractivity contribution is 9.10. The van der Waals surface area contributed by atoms with Crippen molar-refractivity contribution in [2.24, 2.45) is 0 Å². The second kappa shape index (κ2) is 4.97. The van der Waals surface area contributed by atoms with Gasteiger partial charge in [0.15, 0.2) is 0 Å². The van der Waals surface area contributed by atoms with Crippen LogP contribution in [-0.4, -0.2) is 29.1 Å². The van der Waals surface area contributed by atoms with Crippen LogP contribution in [0.25, 0.3) is 0 Å². The normalized spacial score (nSPS) is 14.8. The molecule has 0 aromatic heterocycles. The van der Waals surface area contributed by atoms with E-state index in [4.69, 9.17) is 5.11 Å². The summed E-state index contributed by atoms with van der Waals surface area (Å²) in [5.41, 5.74) is 2.52. The van der Waals surface area contributed by atoms with Gasteiger partial charge >= 0.3 is 0 Å². The Bertz CT molecular complexity index is 406. The predicted octanol–water partition coefficient (Wildman–Crippen LogP) is 1.72. The van der Waals surface area contributed by atoms with E-state index < -0.39 is 0 Å². The lowest BCUT2D eigenvalue weighted by Gasteiger charge is -2.29. The van der Waals surface area contributed by atoms with Gasteiger partial charge in [-0.2, -0.15) is 0 Å². The molecule has 2 rings (SSSR count). The molecule has 1 heterocycles. The summed E-state index contributed by atoms with van der Waals surface area (Å²) >= 11 is 3.45. The van der Waals surface area contributed by atoms with Crippen LogP contribution in [0.15, 0.2) is 22.7 Å². The van der Waals surface area contributed by atoms with Gasteiger partial charge < -0.3 is 10.0 Å². The lowest BCUT2D eigenvalue weighted by Crippen LogP contribution is -2.36. The SMILES string of the molecule is O=C(CCO)N1CCc2cc(Br)ccc2C1. The van der Waals surface area contributed by atoms with E-state index in [-0.39, 0.29) is 18.9 Å². The Morgan fingerprint density at radius 3 is 3.00 bits per heavy atom. The molecular weight excluding hydrogens is 270 g/mol. The van der Waals surface area contributed by atoms with Crippen molar-refractivity contribution in [3.05, 3.63) is 33.8 Å². The van der Waals surface area contributed by atoms with E-state index in [9.17, 15) is 4.79 Å². The van der Waals surface area contributed by atoms with Crippen molar-refractivity contribution in [2.45, 2.75) is 19.4 Å². The quantitative estimate of drug-likeness (QED) is 0.898. The Hall–Kier alpha value is -0.870. The fourth-order valence-corrected chi connectivity index (χ4v) is 2.40. The molecule has 1 aromatic carbocycles. The third-order valence-corrected chi connectivity index (χ3v) is 3.35. The van der Waals surface area contributed by atoms with E-state index >= 15 is 0 Å². The summed E-state index contributed by atoms with van der Waals surface area (Å²) in [6.45, 7) is 1.35. The van der Waals surface area contributed by atoms with Crippen LogP contribution in [0, 0.1) is 0 Å². The van der Waals surface area contributed by atoms with Crippen LogP contribution in [-0.2, 0) is 17.8 Å². The zero-order chi connectivity index (χ0) is 11.5. The summed E-state index contributed by atoms with van der Waals surface area (Å²) in [6, 6.07) is 6.17. The summed E-state index contributed by atoms with van der Waals surface area (Å²) in [5.74, 6) is 0.0380. The molecule has 0 unspecified atom stereocenters. The van der Waals surface area contributed by atoms with Gasteiger partial charge in [-0.1, -0.05) is 22.0 Å². The van der Waals surface area contributed by atoms with Gasteiger partial charge in [-0.15, -0.1) is 0 Å². The first kappa shape index (κ1) is 11.6. The number of carbonyl (C=O) groups is 1. The maximum atomic E-state index is 11.6. The molecule has 0 aliphatic carbocycles. The van der Waals surface area contributed by atoms with Gasteiger partial charge in [0.2, 0.25) is 5.91 Å². The second-order valence-corrected chi connectivity index (χ2v) is 4.87. The largest absolute Gasteiger partial charge is 0.396 e. The van der Waals surface area contributed by atoms with Crippen LogP contribution in [0.2, 0.25) is 0 Å². The van der Waals surface area contributed by atoms with Crippen LogP contribution < -0.4 is 0 Å². The molecule has 3 nitrogen and oxygen atoms in total. The number of nitrogens with zero attached hydrogens (tertiary/aromatic N) is 1. The zero-order valence-electron chi connectivity index (χ0n) is 8.95. The highest BCUT2D eigenvalue weighted by Gasteiger charge is 2.19. The van der Waals surface area contributed by atoms with Crippen molar-refractivity contribution in [2.75, 3.05) is 13.2 Å². The highest BCUT2D eigenvalue weighted by Crippen LogP contribution is 2.23. The molecule has 0 atom stereocenters. The number of rotatable bonds is 2. The Kier molecular flexibility index (Phi) is 3.61. The lowest BCUT2D eigenvalue weighted by molar-refractivity contribution is -0.132. The molecule has 4 heteroatoms. The maximum absolute atomic E-state index is 11.6. The van der Waals surface area contributed by atoms with Crippen molar-refractivity contribution in [3.63, 3.8) is 0 Å². The molecule has 0 saturated carbocycles. The summed E-state index contributed by atoms with van der Waals surface area (Å²) in [6.07, 6.45) is 1.12. The Labute approximate surface area is 103 Å². The standard InChI is InChI=1S/C12H14BrNO2/c13-11-2-1-10-8-14(12(16)4-6-15)5-3-9(10)7-11/h1-2,7,15H,3-6,8H2. The van der Waals surface area contributed by atoms with Crippen molar-refractivity contribution in [1.82, 2.24) is 4.90 Å². The topological polar surface area (TPSA) is 40.5 Å². The van der Waals surface area contributed by atoms with Crippen LogP contribution in [0.1, 0.15) is 17.5 Å². The fourth-order valence-electron chi connectivity index (χ4n) is 1.99. The van der Waals surface area contributed by atoms with Crippen LogP contribution in [0.3, 0.4) is 0 Å². The molecule has 0 bridgehead atoms. The predicted molar refractivity (Wildman–Crippen MR) is 65.0 cm³/mol. The molecule has 86 valence electrons. The Morgan fingerprint density at radius 2 is 2.25 bits per heavy atom. The number of aliphatic hydroxyl groups excluding tert-OH is 1. The first-order chi connectivity index (χ1) is 7.70. The molecule has 0 fully saturated rings. The molecule has 0 spiro atoms. The minimum absolute atomic E-state index is 0.0380. The Balaban J connectivity index is 2.12. The Morgan fingerprint density at radius 1 is 1.44 bits per heavy atom. The van der Waals surface area contributed by atoms with Crippen molar-refractivity contribution < 1.29 is 9.90 Å². The van der Waals surface area contributed by atoms with Gasteiger partial charge in [-0.3, -0.25) is 4.79 Å². The third-order valence-electron chi connectivity index (χ3n) is 2.86. The molecule has 0 radical (unpaired) electrons. The van der Waals surface area contributed by atoms with Gasteiger partial charge in [-0.25, -0.2) is 0 Å². The monoisotopic (exact) mass is 283 g/mol. The molecule has 1 aliphatic heterocycles. The minimum atomic E-state index is -0.0669. The summed E-state index contributed by atoms with van der Waals surface area (Å²) in [4.78, 5) is 13.4. The second-order valence-electron chi connectivity index (χ2n) is 3.95. The molecule has 1 N–H and O–H groups in total. The van der Waals surface area contributed by atoms with Crippen LogP contribution in [0.4, 0.5) is 0 Å². The molecule has 1 aromatic rings. The van der Waals surface area contributed by atoms with E-state index in [0.717, 1.165) is 17.4 Å². The zero-order valence-corrected chi connectivity index (χ0v) is 10.5. The number of hydrogen-bond donors (Lipinski definition) is 1. The molecule has 0 saturated heterocycles. The highest BCUT2D eigenvalue weighted by atomic mass is 79.9. The number of amides is 1. The number of fused-ring (bicyclic) bond motifs is 1. The number of aliphatic hydroxyl groups is 1. The van der Waals surface area contributed by atoms with Crippen molar-refractivity contribution >= 4 is 21.8 Å². The molecular formula is C12H14BrNO2. The van der Waals surface area contributed by atoms with E-state index in [1.54, 1.807) is 0 Å². The maximum Gasteiger partial charge on any atom is 0.225 e. The van der Waals surface area contributed by atoms with E-state index in [1.165, 1.54) is 11.1 Å². The number of carbonyl (C=O) groups excluding carboxylic acids is 1. The van der Waals surface area contributed by atoms with Gasteiger partial charge in [-0.05, 0) is 29.7 Å². The van der Waals surface area contributed by atoms with Crippen molar-refractivity contribution in [1.29, 1.82) is 0 Å². The van der Waals surface area contributed by atoms with E-state index in [2.05, 4.69) is 28.1 Å². The van der Waals surface area contributed by atoms with Gasteiger partial charge in [0, 0.05) is 24.0 Å². The minimum Gasteiger partial charge on any atom is -0.396 e. The lowest BCUT2D eigenvalue weighted by atomic mass is 10.00. The average molecular weight is 284 g/mol. The van der Waals surface area contributed by atoms with E-state index in [1.807, 2.05) is 11.0 Å². The number of halogens is 1. The first-order valence-corrected chi connectivity index (χ1v) is 6.16. The molecule has 1 amide bonds. The smallest absolute Gasteiger partial charge is 0.225 e. The van der Waals surface area contributed by atoms with Gasteiger partial charge in [0.05, 0.1) is 6.61 Å². The summed E-state index contributed by atoms with van der Waals surface area (Å²) in [7, 11) is 0. The van der Waals surface area contributed by atoms with Crippen LogP contribution >= 0.6 is 15.9 Å². The van der Waals surface area contributed by atoms with Crippen molar-refractivity contribution in [3.8, 4) is 0 Å². The van der Waals surface area contributed by atoms with E-state index in [0.29, 0.717) is 6.54 Å². The summed E-state index contributed by atoms with van der Waals surface area (Å²) < 4.78 is 1.08. The average Bonchev–Trinajstić information content (AvgIpc) is 2.28. The fraction of sp³-hybridized carbons (Fsp3) is 0.417. The third kappa shape index (κ3) is 2.44. The first-order valence-electron chi connectivity index (χ1n) is 5.36. The number of benzene rings is 1. The van der Waals surface area contributed by atoms with Gasteiger partial charge in [0.25, 0.3) is 0 Å². The summed E-state index contributed by atoms with van der Waals surface area (Å²) in [5, 5.41) is 8.75. The molecule has 16 heavy (non-hydrogen) atoms. The number of hydrogen-bond acceptors (Lipinski definition) is 2. The van der Waals surface area contributed by atoms with Crippen LogP contribution in [0.5, 0.6) is 0 Å². The molecule has 1 aliphatic rings. The van der Waals surface area contributed by atoms with Gasteiger partial charge in [0.1, 0.15) is 0 Å².